The summed E-state index contributed by atoms with van der Waals surface area (Å²) in [6, 6.07) is 2.92. The molecular formula is C11H16N6O2. The Morgan fingerprint density at radius 2 is 2.11 bits per heavy atom. The third-order valence-corrected chi connectivity index (χ3v) is 2.46. The van der Waals surface area contributed by atoms with E-state index in [2.05, 4.69) is 25.9 Å². The van der Waals surface area contributed by atoms with Crippen molar-refractivity contribution in [2.45, 2.75) is 32.9 Å². The van der Waals surface area contributed by atoms with Crippen LogP contribution in [0.5, 0.6) is 0 Å². The standard InChI is InChI=1S/C11H16N6O2/c1-6(2)12-10(18)7(3)13-8-4-5-9-14-15-11(19)17(9)16-8/h4-7H,1-3H3,(H,12,18)(H,13,16)(H,15,19). The molecular weight excluding hydrogens is 248 g/mol. The van der Waals surface area contributed by atoms with Crippen molar-refractivity contribution in [3.05, 3.63) is 22.6 Å². The van der Waals surface area contributed by atoms with Gasteiger partial charge < -0.3 is 10.6 Å². The summed E-state index contributed by atoms with van der Waals surface area (Å²) < 4.78 is 1.13. The van der Waals surface area contributed by atoms with Gasteiger partial charge in [0.15, 0.2) is 5.65 Å². The molecule has 0 fully saturated rings. The van der Waals surface area contributed by atoms with Crippen LogP contribution in [0.2, 0.25) is 0 Å². The Kier molecular flexibility index (Phi) is 3.50. The van der Waals surface area contributed by atoms with Crippen molar-refractivity contribution in [3.8, 4) is 0 Å². The second kappa shape index (κ2) is 5.09. The molecule has 0 aliphatic carbocycles. The topological polar surface area (TPSA) is 104 Å². The van der Waals surface area contributed by atoms with E-state index >= 15 is 0 Å². The molecule has 2 aromatic rings. The maximum Gasteiger partial charge on any atom is 0.364 e. The lowest BCUT2D eigenvalue weighted by Crippen LogP contribution is -2.41. The molecule has 1 unspecified atom stereocenters. The van der Waals surface area contributed by atoms with E-state index < -0.39 is 11.7 Å². The summed E-state index contributed by atoms with van der Waals surface area (Å²) in [5, 5.41) is 15.8. The van der Waals surface area contributed by atoms with Crippen LogP contribution in [0.3, 0.4) is 0 Å². The predicted molar refractivity (Wildman–Crippen MR) is 70.0 cm³/mol. The number of H-pyrrole nitrogens is 1. The summed E-state index contributed by atoms with van der Waals surface area (Å²) >= 11 is 0. The van der Waals surface area contributed by atoms with Crippen molar-refractivity contribution in [2.24, 2.45) is 0 Å². The first-order valence-corrected chi connectivity index (χ1v) is 5.99. The quantitative estimate of drug-likeness (QED) is 0.706. The minimum atomic E-state index is -0.449. The minimum absolute atomic E-state index is 0.0729. The summed E-state index contributed by atoms with van der Waals surface area (Å²) in [6.45, 7) is 5.50. The summed E-state index contributed by atoms with van der Waals surface area (Å²) in [5.41, 5.74) is 0.00719. The van der Waals surface area contributed by atoms with Gasteiger partial charge in [0, 0.05) is 6.04 Å². The molecule has 0 bridgehead atoms. The Bertz CT molecular complexity index is 644. The number of nitrogens with zero attached hydrogens (tertiary/aromatic N) is 3. The van der Waals surface area contributed by atoms with Gasteiger partial charge >= 0.3 is 5.69 Å². The second-order valence-electron chi connectivity index (χ2n) is 4.55. The van der Waals surface area contributed by atoms with E-state index in [1.54, 1.807) is 19.1 Å². The largest absolute Gasteiger partial charge is 0.364 e. The summed E-state index contributed by atoms with van der Waals surface area (Å²) in [6.07, 6.45) is 0. The lowest BCUT2D eigenvalue weighted by Gasteiger charge is -2.16. The van der Waals surface area contributed by atoms with Crippen LogP contribution in [-0.2, 0) is 4.79 Å². The Morgan fingerprint density at radius 1 is 1.37 bits per heavy atom. The van der Waals surface area contributed by atoms with Crippen LogP contribution in [0, 0.1) is 0 Å². The van der Waals surface area contributed by atoms with Gasteiger partial charge in [-0.25, -0.2) is 9.89 Å². The monoisotopic (exact) mass is 264 g/mol. The molecule has 0 radical (unpaired) electrons. The van der Waals surface area contributed by atoms with Crippen LogP contribution in [0.25, 0.3) is 5.65 Å². The van der Waals surface area contributed by atoms with Crippen LogP contribution in [0.1, 0.15) is 20.8 Å². The zero-order valence-electron chi connectivity index (χ0n) is 11.0. The average Bonchev–Trinajstić information content (AvgIpc) is 2.70. The summed E-state index contributed by atoms with van der Waals surface area (Å²) in [4.78, 5) is 23.1. The van der Waals surface area contributed by atoms with E-state index in [1.165, 1.54) is 0 Å². The SMILES string of the molecule is CC(C)NC(=O)C(C)Nc1ccc2n[nH]c(=O)n2n1. The van der Waals surface area contributed by atoms with Gasteiger partial charge in [0.1, 0.15) is 11.9 Å². The van der Waals surface area contributed by atoms with Crippen LogP contribution < -0.4 is 16.3 Å². The van der Waals surface area contributed by atoms with Crippen molar-refractivity contribution in [3.63, 3.8) is 0 Å². The van der Waals surface area contributed by atoms with Gasteiger partial charge in [-0.2, -0.15) is 9.61 Å². The van der Waals surface area contributed by atoms with Gasteiger partial charge in [-0.15, -0.1) is 5.10 Å². The van der Waals surface area contributed by atoms with Crippen molar-refractivity contribution in [1.82, 2.24) is 25.1 Å². The molecule has 0 saturated heterocycles. The number of hydrogen-bond acceptors (Lipinski definition) is 5. The molecule has 8 nitrogen and oxygen atoms in total. The fraction of sp³-hybridized carbons (Fsp3) is 0.455. The molecule has 0 spiro atoms. The molecule has 0 saturated carbocycles. The molecule has 2 heterocycles. The fourth-order valence-electron chi connectivity index (χ4n) is 1.58. The highest BCUT2D eigenvalue weighted by molar-refractivity contribution is 5.84. The highest BCUT2D eigenvalue weighted by Gasteiger charge is 2.14. The van der Waals surface area contributed by atoms with Crippen LogP contribution >= 0.6 is 0 Å². The number of carbonyl (C=O) groups excluding carboxylic acids is 1. The zero-order chi connectivity index (χ0) is 14.0. The third-order valence-electron chi connectivity index (χ3n) is 2.46. The van der Waals surface area contributed by atoms with Crippen molar-refractivity contribution in [1.29, 1.82) is 0 Å². The number of aromatic nitrogens is 4. The van der Waals surface area contributed by atoms with Gasteiger partial charge in [0.25, 0.3) is 0 Å². The molecule has 2 rings (SSSR count). The summed E-state index contributed by atoms with van der Waals surface area (Å²) in [5.74, 6) is 0.304. The highest BCUT2D eigenvalue weighted by atomic mass is 16.2. The first-order chi connectivity index (χ1) is 8.97. The number of anilines is 1. The lowest BCUT2D eigenvalue weighted by molar-refractivity contribution is -0.122. The zero-order valence-corrected chi connectivity index (χ0v) is 11.0. The molecule has 2 aromatic heterocycles. The van der Waals surface area contributed by atoms with E-state index in [0.29, 0.717) is 11.5 Å². The Hall–Kier alpha value is -2.38. The van der Waals surface area contributed by atoms with Gasteiger partial charge in [-0.3, -0.25) is 4.79 Å². The molecule has 8 heteroatoms. The van der Waals surface area contributed by atoms with Crippen LogP contribution in [-0.4, -0.2) is 37.8 Å². The maximum absolute atomic E-state index is 11.7. The van der Waals surface area contributed by atoms with E-state index in [1.807, 2.05) is 13.8 Å². The average molecular weight is 264 g/mol. The number of nitrogens with one attached hydrogen (secondary N) is 3. The van der Waals surface area contributed by atoms with Crippen molar-refractivity contribution >= 4 is 17.4 Å². The Morgan fingerprint density at radius 3 is 2.79 bits per heavy atom. The molecule has 0 aromatic carbocycles. The highest BCUT2D eigenvalue weighted by Crippen LogP contribution is 2.04. The molecule has 0 aliphatic rings. The maximum atomic E-state index is 11.7. The first-order valence-electron chi connectivity index (χ1n) is 5.99. The molecule has 0 aliphatic heterocycles. The number of rotatable bonds is 4. The predicted octanol–water partition coefficient (Wildman–Crippen LogP) is -0.257. The van der Waals surface area contributed by atoms with E-state index in [-0.39, 0.29) is 11.9 Å². The molecule has 1 atom stereocenters. The number of hydrogen-bond donors (Lipinski definition) is 3. The van der Waals surface area contributed by atoms with E-state index in [4.69, 9.17) is 0 Å². The number of carbonyl (C=O) groups is 1. The smallest absolute Gasteiger partial charge is 0.357 e. The lowest BCUT2D eigenvalue weighted by atomic mass is 10.3. The molecule has 102 valence electrons. The Labute approximate surface area is 109 Å². The summed E-state index contributed by atoms with van der Waals surface area (Å²) in [7, 11) is 0. The van der Waals surface area contributed by atoms with E-state index in [0.717, 1.165) is 4.52 Å². The Balaban J connectivity index is 2.14. The molecule has 1 amide bonds. The number of fused-ring (bicyclic) bond motifs is 1. The molecule has 3 N–H and O–H groups in total. The van der Waals surface area contributed by atoms with E-state index in [9.17, 15) is 9.59 Å². The van der Waals surface area contributed by atoms with Gasteiger partial charge in [-0.05, 0) is 32.9 Å². The second-order valence-corrected chi connectivity index (χ2v) is 4.55. The van der Waals surface area contributed by atoms with Crippen molar-refractivity contribution < 1.29 is 4.79 Å². The number of aromatic amines is 1. The first kappa shape index (κ1) is 13.1. The third kappa shape index (κ3) is 2.90. The van der Waals surface area contributed by atoms with Gasteiger partial charge in [0.05, 0.1) is 0 Å². The van der Waals surface area contributed by atoms with Gasteiger partial charge in [-0.1, -0.05) is 0 Å². The van der Waals surface area contributed by atoms with Crippen LogP contribution in [0.15, 0.2) is 16.9 Å². The minimum Gasteiger partial charge on any atom is -0.357 e. The van der Waals surface area contributed by atoms with Crippen molar-refractivity contribution in [2.75, 3.05) is 5.32 Å². The normalized spacial score (nSPS) is 12.6. The number of amides is 1. The molecule has 19 heavy (non-hydrogen) atoms. The fourth-order valence-corrected chi connectivity index (χ4v) is 1.58. The van der Waals surface area contributed by atoms with Gasteiger partial charge in [0.2, 0.25) is 5.91 Å². The van der Waals surface area contributed by atoms with Crippen LogP contribution in [0.4, 0.5) is 5.82 Å².